The van der Waals surface area contributed by atoms with Crippen molar-refractivity contribution in [3.8, 4) is 5.75 Å². The molecular weight excluding hydrogens is 262 g/mol. The van der Waals surface area contributed by atoms with Gasteiger partial charge in [0.05, 0.1) is 23.6 Å². The van der Waals surface area contributed by atoms with E-state index in [2.05, 4.69) is 5.32 Å². The molecule has 1 N–H and O–H groups in total. The van der Waals surface area contributed by atoms with Gasteiger partial charge in [-0.3, -0.25) is 0 Å². The quantitative estimate of drug-likeness (QED) is 0.916. The lowest BCUT2D eigenvalue weighted by molar-refractivity contribution is 0.415. The summed E-state index contributed by atoms with van der Waals surface area (Å²) < 4.78 is 27.7. The Morgan fingerprint density at radius 2 is 2.24 bits per heavy atom. The highest BCUT2D eigenvalue weighted by atomic mass is 35.5. The second kappa shape index (κ2) is 4.74. The van der Waals surface area contributed by atoms with Gasteiger partial charge in [0.25, 0.3) is 0 Å². The van der Waals surface area contributed by atoms with Gasteiger partial charge in [-0.2, -0.15) is 0 Å². The zero-order chi connectivity index (χ0) is 12.5. The molecule has 0 aromatic heterocycles. The molecule has 0 saturated carbocycles. The lowest BCUT2D eigenvalue weighted by atomic mass is 10.2. The molecule has 1 heterocycles. The van der Waals surface area contributed by atoms with Crippen LogP contribution < -0.4 is 10.1 Å². The van der Waals surface area contributed by atoms with Crippen molar-refractivity contribution in [2.75, 3.05) is 23.9 Å². The molecule has 1 unspecified atom stereocenters. The van der Waals surface area contributed by atoms with Crippen LogP contribution in [0.5, 0.6) is 5.75 Å². The summed E-state index contributed by atoms with van der Waals surface area (Å²) in [5, 5.41) is 3.72. The fraction of sp³-hybridized carbons (Fsp3) is 0.455. The van der Waals surface area contributed by atoms with E-state index in [0.717, 1.165) is 5.69 Å². The summed E-state index contributed by atoms with van der Waals surface area (Å²) in [4.78, 5) is 0. The van der Waals surface area contributed by atoms with Gasteiger partial charge < -0.3 is 10.1 Å². The van der Waals surface area contributed by atoms with Gasteiger partial charge in [0.1, 0.15) is 5.75 Å². The Kier molecular flexibility index (Phi) is 3.49. The van der Waals surface area contributed by atoms with Crippen molar-refractivity contribution in [3.63, 3.8) is 0 Å². The number of methoxy groups -OCH3 is 1. The number of rotatable bonds is 3. The number of hydrogen-bond donors (Lipinski definition) is 1. The minimum Gasteiger partial charge on any atom is -0.495 e. The van der Waals surface area contributed by atoms with Crippen molar-refractivity contribution >= 4 is 27.1 Å². The zero-order valence-corrected chi connectivity index (χ0v) is 11.0. The third-order valence-electron chi connectivity index (χ3n) is 2.75. The van der Waals surface area contributed by atoms with Crippen molar-refractivity contribution < 1.29 is 13.2 Å². The number of halogens is 1. The molecule has 17 heavy (non-hydrogen) atoms. The number of anilines is 1. The molecule has 0 bridgehead atoms. The van der Waals surface area contributed by atoms with E-state index in [1.54, 1.807) is 19.2 Å². The van der Waals surface area contributed by atoms with Crippen molar-refractivity contribution in [2.45, 2.75) is 12.5 Å². The first-order valence-corrected chi connectivity index (χ1v) is 7.50. The van der Waals surface area contributed by atoms with E-state index in [9.17, 15) is 8.42 Å². The van der Waals surface area contributed by atoms with Gasteiger partial charge in [-0.1, -0.05) is 11.6 Å². The second-order valence-corrected chi connectivity index (χ2v) is 6.73. The SMILES string of the molecule is COc1cc(NC2CCS(=O)(=O)C2)ccc1Cl. The third kappa shape index (κ3) is 3.04. The van der Waals surface area contributed by atoms with Crippen molar-refractivity contribution in [1.82, 2.24) is 0 Å². The maximum absolute atomic E-state index is 11.3. The van der Waals surface area contributed by atoms with Crippen LogP contribution in [0.4, 0.5) is 5.69 Å². The maximum atomic E-state index is 11.3. The lowest BCUT2D eigenvalue weighted by Gasteiger charge is -2.13. The van der Waals surface area contributed by atoms with Gasteiger partial charge in [0.2, 0.25) is 0 Å². The van der Waals surface area contributed by atoms with Crippen LogP contribution in [0.3, 0.4) is 0 Å². The highest BCUT2D eigenvalue weighted by molar-refractivity contribution is 7.91. The van der Waals surface area contributed by atoms with Crippen molar-refractivity contribution in [2.24, 2.45) is 0 Å². The Morgan fingerprint density at radius 3 is 2.82 bits per heavy atom. The van der Waals surface area contributed by atoms with E-state index in [1.807, 2.05) is 6.07 Å². The Morgan fingerprint density at radius 1 is 1.47 bits per heavy atom. The molecule has 1 aromatic carbocycles. The van der Waals surface area contributed by atoms with Crippen LogP contribution in [0, 0.1) is 0 Å². The van der Waals surface area contributed by atoms with Gasteiger partial charge in [0, 0.05) is 17.8 Å². The molecule has 0 spiro atoms. The average molecular weight is 276 g/mol. The Balaban J connectivity index is 2.09. The molecule has 4 nitrogen and oxygen atoms in total. The van der Waals surface area contributed by atoms with Gasteiger partial charge in [-0.15, -0.1) is 0 Å². The number of benzene rings is 1. The Hall–Kier alpha value is -0.940. The predicted molar refractivity (Wildman–Crippen MR) is 68.7 cm³/mol. The molecule has 0 amide bonds. The molecule has 1 fully saturated rings. The standard InChI is InChI=1S/C11H14ClNO3S/c1-16-11-6-8(2-3-10(11)12)13-9-4-5-17(14,15)7-9/h2-3,6,9,13H,4-5,7H2,1H3. The summed E-state index contributed by atoms with van der Waals surface area (Å²) in [5.74, 6) is 1.03. The zero-order valence-electron chi connectivity index (χ0n) is 9.44. The van der Waals surface area contributed by atoms with Gasteiger partial charge in [-0.25, -0.2) is 8.42 Å². The molecule has 1 aliphatic rings. The van der Waals surface area contributed by atoms with Crippen LogP contribution in [0.25, 0.3) is 0 Å². The molecule has 94 valence electrons. The van der Waals surface area contributed by atoms with E-state index < -0.39 is 9.84 Å². The van der Waals surface area contributed by atoms with Crippen LogP contribution in [-0.2, 0) is 9.84 Å². The number of hydrogen-bond acceptors (Lipinski definition) is 4. The molecule has 2 rings (SSSR count). The molecule has 1 aromatic rings. The van der Waals surface area contributed by atoms with Gasteiger partial charge >= 0.3 is 0 Å². The van der Waals surface area contributed by atoms with E-state index in [1.165, 1.54) is 0 Å². The summed E-state index contributed by atoms with van der Waals surface area (Å²) in [7, 11) is -1.31. The minimum atomic E-state index is -2.86. The molecule has 1 aliphatic heterocycles. The molecule has 1 saturated heterocycles. The molecule has 1 atom stereocenters. The number of nitrogens with one attached hydrogen (secondary N) is 1. The first-order valence-electron chi connectivity index (χ1n) is 5.31. The van der Waals surface area contributed by atoms with E-state index in [0.29, 0.717) is 17.2 Å². The molecule has 6 heteroatoms. The highest BCUT2D eigenvalue weighted by Gasteiger charge is 2.27. The van der Waals surface area contributed by atoms with Crippen LogP contribution in [0.1, 0.15) is 6.42 Å². The number of sulfone groups is 1. The van der Waals surface area contributed by atoms with Crippen LogP contribution in [0.15, 0.2) is 18.2 Å². The number of ether oxygens (including phenoxy) is 1. The smallest absolute Gasteiger partial charge is 0.152 e. The minimum absolute atomic E-state index is 0.0223. The van der Waals surface area contributed by atoms with Crippen LogP contribution in [-0.4, -0.2) is 33.1 Å². The summed E-state index contributed by atoms with van der Waals surface area (Å²) >= 11 is 5.91. The molecular formula is C11H14ClNO3S. The summed E-state index contributed by atoms with van der Waals surface area (Å²) in [6.07, 6.45) is 0.646. The van der Waals surface area contributed by atoms with E-state index in [4.69, 9.17) is 16.3 Å². The largest absolute Gasteiger partial charge is 0.495 e. The van der Waals surface area contributed by atoms with Crippen molar-refractivity contribution in [3.05, 3.63) is 23.2 Å². The lowest BCUT2D eigenvalue weighted by Crippen LogP contribution is -2.20. The first kappa shape index (κ1) is 12.5. The van der Waals surface area contributed by atoms with Crippen molar-refractivity contribution in [1.29, 1.82) is 0 Å². The Bertz CT molecular complexity index is 515. The van der Waals surface area contributed by atoms with Gasteiger partial charge in [-0.05, 0) is 18.6 Å². The first-order chi connectivity index (χ1) is 8.00. The normalized spacial score (nSPS) is 22.4. The Labute approximate surface area is 106 Å². The van der Waals surface area contributed by atoms with E-state index in [-0.39, 0.29) is 17.5 Å². The maximum Gasteiger partial charge on any atom is 0.152 e. The third-order valence-corrected chi connectivity index (χ3v) is 4.83. The fourth-order valence-corrected chi connectivity index (χ4v) is 3.76. The fourth-order valence-electron chi connectivity index (χ4n) is 1.89. The second-order valence-electron chi connectivity index (χ2n) is 4.09. The summed E-state index contributed by atoms with van der Waals surface area (Å²) in [5.41, 5.74) is 0.827. The predicted octanol–water partition coefficient (Wildman–Crippen LogP) is 1.95. The van der Waals surface area contributed by atoms with E-state index >= 15 is 0 Å². The summed E-state index contributed by atoms with van der Waals surface area (Å²) in [6.45, 7) is 0. The van der Waals surface area contributed by atoms with Crippen LogP contribution >= 0.6 is 11.6 Å². The average Bonchev–Trinajstić information content (AvgIpc) is 2.61. The van der Waals surface area contributed by atoms with Crippen LogP contribution in [0.2, 0.25) is 5.02 Å². The summed E-state index contributed by atoms with van der Waals surface area (Å²) in [6, 6.07) is 5.29. The highest BCUT2D eigenvalue weighted by Crippen LogP contribution is 2.28. The van der Waals surface area contributed by atoms with Gasteiger partial charge in [0.15, 0.2) is 9.84 Å². The topological polar surface area (TPSA) is 55.4 Å². The monoisotopic (exact) mass is 275 g/mol. The molecule has 0 radical (unpaired) electrons. The molecule has 0 aliphatic carbocycles.